The number of halogens is 1. The Balaban J connectivity index is 0.00000180. The zero-order chi connectivity index (χ0) is 13.0. The number of nitrogens with two attached hydrogens (primary N) is 1. The Morgan fingerprint density at radius 2 is 2.21 bits per heavy atom. The second kappa shape index (κ2) is 7.31. The molecule has 1 atom stereocenters. The van der Waals surface area contributed by atoms with Crippen molar-refractivity contribution in [2.75, 3.05) is 18.0 Å². The highest BCUT2D eigenvalue weighted by molar-refractivity contribution is 5.85. The summed E-state index contributed by atoms with van der Waals surface area (Å²) in [7, 11) is 0. The summed E-state index contributed by atoms with van der Waals surface area (Å²) in [5.41, 5.74) is 6.55. The fraction of sp³-hybridized carbons (Fsp3) is 0.538. The van der Waals surface area contributed by atoms with Gasteiger partial charge in [0.25, 0.3) is 0 Å². The summed E-state index contributed by atoms with van der Waals surface area (Å²) in [4.78, 5) is 18.0. The molecule has 3 N–H and O–H groups in total. The van der Waals surface area contributed by atoms with Gasteiger partial charge in [-0.2, -0.15) is 0 Å². The Morgan fingerprint density at radius 1 is 1.53 bits per heavy atom. The maximum atomic E-state index is 11.4. The van der Waals surface area contributed by atoms with Gasteiger partial charge in [-0.3, -0.25) is 4.79 Å². The van der Waals surface area contributed by atoms with E-state index in [0.29, 0.717) is 6.54 Å². The van der Waals surface area contributed by atoms with E-state index in [1.807, 2.05) is 12.1 Å². The van der Waals surface area contributed by atoms with Crippen LogP contribution in [0.2, 0.25) is 0 Å². The number of carbonyl (C=O) groups excluding carboxylic acids is 1. The molecule has 1 aromatic rings. The molecule has 1 aliphatic rings. The molecule has 0 spiro atoms. The van der Waals surface area contributed by atoms with E-state index in [1.54, 1.807) is 13.1 Å². The van der Waals surface area contributed by atoms with Gasteiger partial charge in [-0.1, -0.05) is 0 Å². The normalized spacial score (nSPS) is 15.8. The molecule has 1 aliphatic heterocycles. The van der Waals surface area contributed by atoms with Crippen LogP contribution in [0.5, 0.6) is 0 Å². The first-order valence-electron chi connectivity index (χ1n) is 6.40. The molecule has 1 aromatic heterocycles. The van der Waals surface area contributed by atoms with E-state index in [4.69, 9.17) is 5.73 Å². The topological polar surface area (TPSA) is 71.2 Å². The van der Waals surface area contributed by atoms with Crippen molar-refractivity contribution in [2.24, 2.45) is 5.73 Å². The molecule has 1 saturated heterocycles. The molecule has 0 aliphatic carbocycles. The Morgan fingerprint density at radius 3 is 2.84 bits per heavy atom. The van der Waals surface area contributed by atoms with Crippen LogP contribution < -0.4 is 16.0 Å². The smallest absolute Gasteiger partial charge is 0.236 e. The molecule has 0 radical (unpaired) electrons. The number of pyridine rings is 1. The molecule has 1 fully saturated rings. The highest BCUT2D eigenvalue weighted by Crippen LogP contribution is 2.18. The van der Waals surface area contributed by atoms with Crippen molar-refractivity contribution in [3.05, 3.63) is 23.9 Å². The van der Waals surface area contributed by atoms with Gasteiger partial charge < -0.3 is 16.0 Å². The third-order valence-electron chi connectivity index (χ3n) is 3.12. The highest BCUT2D eigenvalue weighted by atomic mass is 35.5. The highest BCUT2D eigenvalue weighted by Gasteiger charge is 2.13. The molecule has 19 heavy (non-hydrogen) atoms. The van der Waals surface area contributed by atoms with E-state index in [-0.39, 0.29) is 18.3 Å². The fourth-order valence-electron chi connectivity index (χ4n) is 2.04. The number of nitrogens with zero attached hydrogens (tertiary/aromatic N) is 2. The second-order valence-corrected chi connectivity index (χ2v) is 4.72. The molecule has 0 aromatic carbocycles. The molecular formula is C13H21ClN4O. The van der Waals surface area contributed by atoms with Gasteiger partial charge in [-0.05, 0) is 37.5 Å². The van der Waals surface area contributed by atoms with Gasteiger partial charge >= 0.3 is 0 Å². The summed E-state index contributed by atoms with van der Waals surface area (Å²) in [6.07, 6.45) is 4.25. The molecule has 0 bridgehead atoms. The summed E-state index contributed by atoms with van der Waals surface area (Å²) >= 11 is 0. The van der Waals surface area contributed by atoms with Crippen LogP contribution in [0.1, 0.15) is 25.3 Å². The van der Waals surface area contributed by atoms with Crippen molar-refractivity contribution >= 4 is 24.1 Å². The Labute approximate surface area is 120 Å². The predicted molar refractivity (Wildman–Crippen MR) is 78.4 cm³/mol. The summed E-state index contributed by atoms with van der Waals surface area (Å²) in [6, 6.07) is 3.48. The lowest BCUT2D eigenvalue weighted by atomic mass is 10.2. The van der Waals surface area contributed by atoms with Gasteiger partial charge in [0.05, 0.1) is 6.04 Å². The minimum Gasteiger partial charge on any atom is -0.357 e. The number of anilines is 1. The zero-order valence-electron chi connectivity index (χ0n) is 11.1. The van der Waals surface area contributed by atoms with Crippen LogP contribution in [0, 0.1) is 0 Å². The van der Waals surface area contributed by atoms with Gasteiger partial charge in [0.15, 0.2) is 0 Å². The van der Waals surface area contributed by atoms with Crippen LogP contribution in [0.3, 0.4) is 0 Å². The van der Waals surface area contributed by atoms with Gasteiger partial charge in [0.1, 0.15) is 5.82 Å². The first-order valence-corrected chi connectivity index (χ1v) is 6.40. The first-order chi connectivity index (χ1) is 8.66. The van der Waals surface area contributed by atoms with Crippen LogP contribution >= 0.6 is 12.4 Å². The quantitative estimate of drug-likeness (QED) is 0.867. The molecule has 0 saturated carbocycles. The lowest BCUT2D eigenvalue weighted by Gasteiger charge is -2.17. The van der Waals surface area contributed by atoms with Crippen molar-refractivity contribution < 1.29 is 4.79 Å². The van der Waals surface area contributed by atoms with E-state index in [9.17, 15) is 4.79 Å². The molecule has 1 unspecified atom stereocenters. The van der Waals surface area contributed by atoms with Gasteiger partial charge in [-0.25, -0.2) is 4.98 Å². The summed E-state index contributed by atoms with van der Waals surface area (Å²) in [6.45, 7) is 4.33. The Bertz CT molecular complexity index is 419. The van der Waals surface area contributed by atoms with Crippen LogP contribution in [-0.4, -0.2) is 30.0 Å². The van der Waals surface area contributed by atoms with Crippen LogP contribution in [0.4, 0.5) is 5.82 Å². The lowest BCUT2D eigenvalue weighted by Crippen LogP contribution is -2.37. The monoisotopic (exact) mass is 284 g/mol. The maximum Gasteiger partial charge on any atom is 0.236 e. The van der Waals surface area contributed by atoms with Crippen molar-refractivity contribution in [3.8, 4) is 0 Å². The Kier molecular flexibility index (Phi) is 6.05. The first kappa shape index (κ1) is 15.7. The number of aromatic nitrogens is 1. The molecule has 1 amide bonds. The summed E-state index contributed by atoms with van der Waals surface area (Å²) in [5.74, 6) is 0.870. The molecule has 5 nitrogen and oxygen atoms in total. The lowest BCUT2D eigenvalue weighted by molar-refractivity contribution is -0.122. The minimum absolute atomic E-state index is 0. The van der Waals surface area contributed by atoms with E-state index < -0.39 is 6.04 Å². The van der Waals surface area contributed by atoms with E-state index in [2.05, 4.69) is 15.2 Å². The number of amides is 1. The zero-order valence-corrected chi connectivity index (χ0v) is 11.9. The van der Waals surface area contributed by atoms with Gasteiger partial charge in [0.2, 0.25) is 5.91 Å². The minimum atomic E-state index is -0.468. The number of rotatable bonds is 4. The third-order valence-corrected chi connectivity index (χ3v) is 3.12. The summed E-state index contributed by atoms with van der Waals surface area (Å²) < 4.78 is 0. The largest absolute Gasteiger partial charge is 0.357 e. The summed E-state index contributed by atoms with van der Waals surface area (Å²) in [5, 5.41) is 2.81. The number of nitrogens with one attached hydrogen (secondary N) is 1. The molecular weight excluding hydrogens is 264 g/mol. The molecule has 106 valence electrons. The number of carbonyl (C=O) groups is 1. The van der Waals surface area contributed by atoms with E-state index in [1.165, 1.54) is 12.8 Å². The number of hydrogen-bond donors (Lipinski definition) is 2. The number of hydrogen-bond acceptors (Lipinski definition) is 4. The Hall–Kier alpha value is -1.33. The van der Waals surface area contributed by atoms with Crippen molar-refractivity contribution in [1.29, 1.82) is 0 Å². The molecule has 2 rings (SSSR count). The molecule has 6 heteroatoms. The van der Waals surface area contributed by atoms with Gasteiger partial charge in [-0.15, -0.1) is 12.4 Å². The third kappa shape index (κ3) is 4.36. The van der Waals surface area contributed by atoms with Crippen LogP contribution in [0.15, 0.2) is 18.3 Å². The van der Waals surface area contributed by atoms with E-state index >= 15 is 0 Å². The van der Waals surface area contributed by atoms with Crippen LogP contribution in [-0.2, 0) is 11.3 Å². The van der Waals surface area contributed by atoms with Crippen molar-refractivity contribution in [1.82, 2.24) is 10.3 Å². The fourth-order valence-corrected chi connectivity index (χ4v) is 2.04. The SMILES string of the molecule is CC(N)C(=O)NCc1ccnc(N2CCCC2)c1.Cl. The average Bonchev–Trinajstić information content (AvgIpc) is 2.90. The van der Waals surface area contributed by atoms with Gasteiger partial charge in [0, 0.05) is 25.8 Å². The standard InChI is InChI=1S/C13H20N4O.ClH/c1-10(14)13(18)16-9-11-4-5-15-12(8-11)17-6-2-3-7-17;/h4-5,8,10H,2-3,6-7,9,14H2,1H3,(H,16,18);1H. The second-order valence-electron chi connectivity index (χ2n) is 4.72. The molecule has 2 heterocycles. The van der Waals surface area contributed by atoms with Crippen LogP contribution in [0.25, 0.3) is 0 Å². The maximum absolute atomic E-state index is 11.4. The predicted octanol–water partition coefficient (Wildman–Crippen LogP) is 1.07. The average molecular weight is 285 g/mol. The van der Waals surface area contributed by atoms with E-state index in [0.717, 1.165) is 24.5 Å². The van der Waals surface area contributed by atoms with Crippen molar-refractivity contribution in [2.45, 2.75) is 32.4 Å². The van der Waals surface area contributed by atoms with Crippen molar-refractivity contribution in [3.63, 3.8) is 0 Å².